The van der Waals surface area contributed by atoms with Gasteiger partial charge >= 0.3 is 0 Å². The number of guanidine groups is 1. The first-order chi connectivity index (χ1) is 11.2. The first-order valence-corrected chi connectivity index (χ1v) is 9.00. The molecule has 1 aromatic carbocycles. The Morgan fingerprint density at radius 3 is 2.43 bits per heavy atom. The smallest absolute Gasteiger partial charge is 0.191 e. The maximum absolute atomic E-state index is 4.69. The summed E-state index contributed by atoms with van der Waals surface area (Å²) >= 11 is 0. The van der Waals surface area contributed by atoms with Crippen LogP contribution in [0.4, 0.5) is 0 Å². The van der Waals surface area contributed by atoms with Gasteiger partial charge in [0, 0.05) is 13.1 Å². The molecule has 0 aliphatic rings. The standard InChI is InChI=1S/C19H34N4/c1-5-20-19(21-14-10-11-15-23(6-2)7-3)22-16-18-13-9-8-12-17(18)4/h8-9,12-13H,5-7,10-11,14-16H2,1-4H3,(H2,20,21,22). The molecule has 23 heavy (non-hydrogen) atoms. The number of aliphatic imine (C=N–C) groups is 1. The molecule has 0 heterocycles. The second kappa shape index (κ2) is 11.9. The van der Waals surface area contributed by atoms with Crippen LogP contribution in [0.3, 0.4) is 0 Å². The van der Waals surface area contributed by atoms with Crippen molar-refractivity contribution in [2.24, 2.45) is 4.99 Å². The van der Waals surface area contributed by atoms with Crippen molar-refractivity contribution >= 4 is 5.96 Å². The van der Waals surface area contributed by atoms with E-state index >= 15 is 0 Å². The van der Waals surface area contributed by atoms with Gasteiger partial charge in [-0.15, -0.1) is 0 Å². The van der Waals surface area contributed by atoms with Gasteiger partial charge < -0.3 is 15.5 Å². The Morgan fingerprint density at radius 2 is 1.78 bits per heavy atom. The van der Waals surface area contributed by atoms with Gasteiger partial charge in [0.05, 0.1) is 6.54 Å². The average Bonchev–Trinajstić information content (AvgIpc) is 2.57. The molecule has 0 aromatic heterocycles. The molecule has 0 saturated heterocycles. The molecular weight excluding hydrogens is 284 g/mol. The molecule has 0 aliphatic heterocycles. The van der Waals surface area contributed by atoms with Gasteiger partial charge in [0.1, 0.15) is 0 Å². The van der Waals surface area contributed by atoms with E-state index in [-0.39, 0.29) is 0 Å². The normalized spacial score (nSPS) is 11.8. The molecule has 1 rings (SSSR count). The van der Waals surface area contributed by atoms with Crippen molar-refractivity contribution < 1.29 is 0 Å². The van der Waals surface area contributed by atoms with Gasteiger partial charge in [-0.05, 0) is 57.5 Å². The van der Waals surface area contributed by atoms with Crippen molar-refractivity contribution in [3.05, 3.63) is 35.4 Å². The SMILES string of the molecule is CCNC(=NCc1ccccc1C)NCCCCN(CC)CC. The zero-order valence-electron chi connectivity index (χ0n) is 15.4. The average molecular weight is 319 g/mol. The third kappa shape index (κ3) is 8.03. The second-order valence-electron chi connectivity index (χ2n) is 5.78. The third-order valence-electron chi connectivity index (χ3n) is 4.10. The van der Waals surface area contributed by atoms with E-state index in [4.69, 9.17) is 4.99 Å². The minimum atomic E-state index is 0.724. The summed E-state index contributed by atoms with van der Waals surface area (Å²) in [6.45, 7) is 14.7. The van der Waals surface area contributed by atoms with Crippen molar-refractivity contribution in [2.45, 2.75) is 47.1 Å². The van der Waals surface area contributed by atoms with E-state index in [0.29, 0.717) is 0 Å². The first-order valence-electron chi connectivity index (χ1n) is 9.00. The molecule has 4 heteroatoms. The summed E-state index contributed by atoms with van der Waals surface area (Å²) in [4.78, 5) is 7.16. The summed E-state index contributed by atoms with van der Waals surface area (Å²) in [7, 11) is 0. The molecule has 0 unspecified atom stereocenters. The zero-order valence-corrected chi connectivity index (χ0v) is 15.4. The number of aryl methyl sites for hydroxylation is 1. The van der Waals surface area contributed by atoms with Gasteiger partial charge in [0.25, 0.3) is 0 Å². The van der Waals surface area contributed by atoms with E-state index in [1.165, 1.54) is 30.5 Å². The zero-order chi connectivity index (χ0) is 16.9. The number of unbranched alkanes of at least 4 members (excludes halogenated alkanes) is 1. The van der Waals surface area contributed by atoms with Crippen LogP contribution in [0, 0.1) is 6.92 Å². The fraction of sp³-hybridized carbons (Fsp3) is 0.632. The largest absolute Gasteiger partial charge is 0.357 e. The molecule has 0 saturated carbocycles. The lowest BCUT2D eigenvalue weighted by Crippen LogP contribution is -2.38. The van der Waals surface area contributed by atoms with Crippen molar-refractivity contribution in [3.8, 4) is 0 Å². The highest BCUT2D eigenvalue weighted by molar-refractivity contribution is 5.79. The molecule has 1 aromatic rings. The van der Waals surface area contributed by atoms with Crippen LogP contribution in [0.15, 0.2) is 29.3 Å². The Labute approximate surface area is 142 Å². The van der Waals surface area contributed by atoms with Crippen molar-refractivity contribution in [1.29, 1.82) is 0 Å². The van der Waals surface area contributed by atoms with E-state index in [2.05, 4.69) is 67.5 Å². The molecule has 130 valence electrons. The minimum Gasteiger partial charge on any atom is -0.357 e. The fourth-order valence-electron chi connectivity index (χ4n) is 2.50. The lowest BCUT2D eigenvalue weighted by molar-refractivity contribution is 0.297. The van der Waals surface area contributed by atoms with Crippen molar-refractivity contribution in [2.75, 3.05) is 32.7 Å². The predicted molar refractivity (Wildman–Crippen MR) is 101 cm³/mol. The Balaban J connectivity index is 2.37. The Hall–Kier alpha value is -1.55. The summed E-state index contributed by atoms with van der Waals surface area (Å²) < 4.78 is 0. The van der Waals surface area contributed by atoms with E-state index in [0.717, 1.165) is 38.7 Å². The van der Waals surface area contributed by atoms with Crippen LogP contribution in [0.2, 0.25) is 0 Å². The molecule has 2 N–H and O–H groups in total. The molecule has 0 spiro atoms. The van der Waals surface area contributed by atoms with Gasteiger partial charge in [0.15, 0.2) is 5.96 Å². The maximum atomic E-state index is 4.69. The summed E-state index contributed by atoms with van der Waals surface area (Å²) in [6.07, 6.45) is 2.40. The quantitative estimate of drug-likeness (QED) is 0.395. The molecule has 0 atom stereocenters. The lowest BCUT2D eigenvalue weighted by Gasteiger charge is -2.18. The first kappa shape index (κ1) is 19.5. The Morgan fingerprint density at radius 1 is 1.04 bits per heavy atom. The molecule has 0 fully saturated rings. The number of nitrogens with zero attached hydrogens (tertiary/aromatic N) is 2. The third-order valence-corrected chi connectivity index (χ3v) is 4.10. The van der Waals surface area contributed by atoms with Gasteiger partial charge in [-0.25, -0.2) is 4.99 Å². The van der Waals surface area contributed by atoms with Gasteiger partial charge in [-0.3, -0.25) is 0 Å². The summed E-state index contributed by atoms with van der Waals surface area (Å²) in [6, 6.07) is 8.43. The van der Waals surface area contributed by atoms with Gasteiger partial charge in [-0.2, -0.15) is 0 Å². The number of nitrogens with one attached hydrogen (secondary N) is 2. The van der Waals surface area contributed by atoms with E-state index in [9.17, 15) is 0 Å². The van der Waals surface area contributed by atoms with E-state index in [1.54, 1.807) is 0 Å². The minimum absolute atomic E-state index is 0.724. The summed E-state index contributed by atoms with van der Waals surface area (Å²) in [5.74, 6) is 0.915. The Kier molecular flexibility index (Phi) is 10.1. The van der Waals surface area contributed by atoms with Crippen LogP contribution >= 0.6 is 0 Å². The molecule has 0 bridgehead atoms. The highest BCUT2D eigenvalue weighted by Gasteiger charge is 2.01. The van der Waals surface area contributed by atoms with Crippen LogP contribution in [0.25, 0.3) is 0 Å². The monoisotopic (exact) mass is 318 g/mol. The topological polar surface area (TPSA) is 39.7 Å². The number of hydrogen-bond acceptors (Lipinski definition) is 2. The van der Waals surface area contributed by atoms with Crippen LogP contribution in [-0.2, 0) is 6.54 Å². The molecule has 4 nitrogen and oxygen atoms in total. The molecule has 0 amide bonds. The van der Waals surface area contributed by atoms with Gasteiger partial charge in [0.2, 0.25) is 0 Å². The highest BCUT2D eigenvalue weighted by atomic mass is 15.2. The van der Waals surface area contributed by atoms with Crippen LogP contribution in [-0.4, -0.2) is 43.6 Å². The highest BCUT2D eigenvalue weighted by Crippen LogP contribution is 2.07. The van der Waals surface area contributed by atoms with Gasteiger partial charge in [-0.1, -0.05) is 38.1 Å². The summed E-state index contributed by atoms with van der Waals surface area (Å²) in [5.41, 5.74) is 2.58. The van der Waals surface area contributed by atoms with Crippen LogP contribution in [0.1, 0.15) is 44.7 Å². The van der Waals surface area contributed by atoms with E-state index < -0.39 is 0 Å². The Bertz CT molecular complexity index is 452. The van der Waals surface area contributed by atoms with E-state index in [1.807, 2.05) is 0 Å². The lowest BCUT2D eigenvalue weighted by atomic mass is 10.1. The predicted octanol–water partition coefficient (Wildman–Crippen LogP) is 3.17. The molecule has 0 radical (unpaired) electrons. The molecule has 0 aliphatic carbocycles. The molecular formula is C19H34N4. The van der Waals surface area contributed by atoms with Crippen molar-refractivity contribution in [1.82, 2.24) is 15.5 Å². The number of hydrogen-bond donors (Lipinski definition) is 2. The summed E-state index contributed by atoms with van der Waals surface area (Å²) in [5, 5.41) is 6.76. The van der Waals surface area contributed by atoms with Crippen molar-refractivity contribution in [3.63, 3.8) is 0 Å². The van der Waals surface area contributed by atoms with Crippen LogP contribution < -0.4 is 10.6 Å². The maximum Gasteiger partial charge on any atom is 0.191 e. The second-order valence-corrected chi connectivity index (χ2v) is 5.78. The number of benzene rings is 1. The van der Waals surface area contributed by atoms with Crippen LogP contribution in [0.5, 0.6) is 0 Å². The number of rotatable bonds is 10. The fourth-order valence-corrected chi connectivity index (χ4v) is 2.50.